The molecule has 0 saturated carbocycles. The molecule has 0 aromatic heterocycles. The third kappa shape index (κ3) is 3.76. The minimum absolute atomic E-state index is 0.0759. The fourth-order valence-corrected chi connectivity index (χ4v) is 4.54. The summed E-state index contributed by atoms with van der Waals surface area (Å²) in [5.74, 6) is -1.17. The molecule has 2 rings (SSSR count). The zero-order valence-electron chi connectivity index (χ0n) is 11.4. The fourth-order valence-electron chi connectivity index (χ4n) is 2.70. The van der Waals surface area contributed by atoms with Gasteiger partial charge in [0.2, 0.25) is 0 Å². The fraction of sp³-hybridized carbons (Fsp3) is 0.571. The van der Waals surface area contributed by atoms with Gasteiger partial charge in [-0.25, -0.2) is 17.2 Å². The van der Waals surface area contributed by atoms with E-state index in [1.807, 2.05) is 6.92 Å². The van der Waals surface area contributed by atoms with Gasteiger partial charge < -0.3 is 5.32 Å². The summed E-state index contributed by atoms with van der Waals surface area (Å²) in [6.45, 7) is 2.67. The average molecular weight is 303 g/mol. The van der Waals surface area contributed by atoms with E-state index in [1.165, 1.54) is 12.1 Å². The molecule has 1 N–H and O–H groups in total. The third-order valence-electron chi connectivity index (χ3n) is 3.60. The molecule has 1 aromatic carbocycles. The molecule has 3 nitrogen and oxygen atoms in total. The molecule has 0 amide bonds. The van der Waals surface area contributed by atoms with E-state index < -0.39 is 21.5 Å². The molecule has 1 aromatic rings. The first-order valence-corrected chi connectivity index (χ1v) is 8.63. The van der Waals surface area contributed by atoms with Gasteiger partial charge in [-0.15, -0.1) is 0 Å². The molecule has 2 atom stereocenters. The lowest BCUT2D eigenvalue weighted by molar-refractivity contribution is 0.389. The molecule has 0 spiro atoms. The van der Waals surface area contributed by atoms with E-state index >= 15 is 0 Å². The Hall–Kier alpha value is -1.01. The van der Waals surface area contributed by atoms with Gasteiger partial charge in [-0.05, 0) is 43.0 Å². The second-order valence-corrected chi connectivity index (χ2v) is 7.53. The van der Waals surface area contributed by atoms with Gasteiger partial charge in [-0.1, -0.05) is 6.92 Å². The van der Waals surface area contributed by atoms with Crippen LogP contribution in [-0.4, -0.2) is 26.5 Å². The van der Waals surface area contributed by atoms with Crippen molar-refractivity contribution in [3.05, 3.63) is 35.4 Å². The van der Waals surface area contributed by atoms with E-state index in [4.69, 9.17) is 0 Å². The van der Waals surface area contributed by atoms with E-state index in [9.17, 15) is 17.2 Å². The molecule has 1 saturated heterocycles. The zero-order valence-corrected chi connectivity index (χ0v) is 12.2. The Morgan fingerprint density at radius 2 is 1.95 bits per heavy atom. The predicted octanol–water partition coefficient (Wildman–Crippen LogP) is 2.44. The smallest absolute Gasteiger partial charge is 0.150 e. The predicted molar refractivity (Wildman–Crippen MR) is 74.2 cm³/mol. The summed E-state index contributed by atoms with van der Waals surface area (Å²) in [5, 5.41) is 3.22. The lowest BCUT2D eigenvalue weighted by Crippen LogP contribution is -2.30. The maximum Gasteiger partial charge on any atom is 0.150 e. The van der Waals surface area contributed by atoms with Crippen molar-refractivity contribution in [3.63, 3.8) is 0 Å². The summed E-state index contributed by atoms with van der Waals surface area (Å²) in [4.78, 5) is 0. The Balaban J connectivity index is 2.27. The highest BCUT2D eigenvalue weighted by Gasteiger charge is 2.34. The van der Waals surface area contributed by atoms with Crippen molar-refractivity contribution in [1.82, 2.24) is 5.32 Å². The quantitative estimate of drug-likeness (QED) is 0.909. The summed E-state index contributed by atoms with van der Waals surface area (Å²) in [6, 6.07) is 3.06. The number of nitrogens with one attached hydrogen (secondary N) is 1. The molecule has 2 unspecified atom stereocenters. The summed E-state index contributed by atoms with van der Waals surface area (Å²) in [5.41, 5.74) is 0.484. The lowest BCUT2D eigenvalue weighted by atomic mass is 9.92. The highest BCUT2D eigenvalue weighted by atomic mass is 32.2. The van der Waals surface area contributed by atoms with E-state index in [1.54, 1.807) is 0 Å². The molecular weight excluding hydrogens is 284 g/mol. The van der Waals surface area contributed by atoms with Gasteiger partial charge in [0, 0.05) is 12.1 Å². The third-order valence-corrected chi connectivity index (χ3v) is 5.39. The highest BCUT2D eigenvalue weighted by molar-refractivity contribution is 7.91. The van der Waals surface area contributed by atoms with Crippen LogP contribution in [-0.2, 0) is 9.84 Å². The van der Waals surface area contributed by atoms with Crippen molar-refractivity contribution < 1.29 is 17.2 Å². The normalized spacial score (nSPS) is 22.9. The second kappa shape index (κ2) is 6.18. The van der Waals surface area contributed by atoms with Gasteiger partial charge in [-0.3, -0.25) is 0 Å². The van der Waals surface area contributed by atoms with E-state index in [2.05, 4.69) is 5.32 Å². The summed E-state index contributed by atoms with van der Waals surface area (Å²) in [7, 11) is -3.02. The van der Waals surface area contributed by atoms with Gasteiger partial charge in [-0.2, -0.15) is 0 Å². The number of hydrogen-bond acceptors (Lipinski definition) is 3. The lowest BCUT2D eigenvalue weighted by Gasteiger charge is -2.24. The molecule has 1 fully saturated rings. The number of halogens is 2. The van der Waals surface area contributed by atoms with Crippen molar-refractivity contribution in [2.45, 2.75) is 25.8 Å². The highest BCUT2D eigenvalue weighted by Crippen LogP contribution is 2.32. The molecule has 112 valence electrons. The van der Waals surface area contributed by atoms with E-state index in [0.717, 1.165) is 12.5 Å². The van der Waals surface area contributed by atoms with Crippen molar-refractivity contribution >= 4 is 9.84 Å². The number of rotatable bonds is 5. The van der Waals surface area contributed by atoms with Gasteiger partial charge in [0.1, 0.15) is 11.6 Å². The topological polar surface area (TPSA) is 46.2 Å². The van der Waals surface area contributed by atoms with Crippen LogP contribution in [0.4, 0.5) is 8.78 Å². The van der Waals surface area contributed by atoms with Crippen LogP contribution in [0.3, 0.4) is 0 Å². The van der Waals surface area contributed by atoms with Crippen molar-refractivity contribution in [2.75, 3.05) is 18.1 Å². The van der Waals surface area contributed by atoms with Gasteiger partial charge in [0.25, 0.3) is 0 Å². The Kier molecular flexibility index (Phi) is 4.75. The van der Waals surface area contributed by atoms with Crippen LogP contribution < -0.4 is 5.32 Å². The molecule has 1 heterocycles. The van der Waals surface area contributed by atoms with Crippen molar-refractivity contribution in [3.8, 4) is 0 Å². The summed E-state index contributed by atoms with van der Waals surface area (Å²) in [6.07, 6.45) is 1.40. The van der Waals surface area contributed by atoms with Gasteiger partial charge in [0.15, 0.2) is 9.84 Å². The average Bonchev–Trinajstić information content (AvgIpc) is 2.69. The van der Waals surface area contributed by atoms with Crippen LogP contribution in [0.5, 0.6) is 0 Å². The van der Waals surface area contributed by atoms with Crippen LogP contribution in [0, 0.1) is 17.6 Å². The van der Waals surface area contributed by atoms with Crippen LogP contribution >= 0.6 is 0 Å². The van der Waals surface area contributed by atoms with Crippen LogP contribution in [0.25, 0.3) is 0 Å². The van der Waals surface area contributed by atoms with Crippen LogP contribution in [0.2, 0.25) is 0 Å². The van der Waals surface area contributed by atoms with Crippen LogP contribution in [0.15, 0.2) is 18.2 Å². The molecular formula is C14H19F2NO2S. The molecule has 6 heteroatoms. The van der Waals surface area contributed by atoms with Crippen molar-refractivity contribution in [1.29, 1.82) is 0 Å². The molecule has 1 aliphatic rings. The SMILES string of the molecule is CCCNC(c1cc(F)cc(F)c1)C1CCS(=O)(=O)C1. The summed E-state index contributed by atoms with van der Waals surface area (Å²) < 4.78 is 49.9. The second-order valence-electron chi connectivity index (χ2n) is 5.30. The Bertz CT molecular complexity index is 554. The Morgan fingerprint density at radius 3 is 2.45 bits per heavy atom. The minimum Gasteiger partial charge on any atom is -0.310 e. The first-order valence-electron chi connectivity index (χ1n) is 6.81. The standard InChI is InChI=1S/C14H19F2NO2S/c1-2-4-17-14(10-3-5-20(18,19)9-10)11-6-12(15)8-13(16)7-11/h6-8,10,14,17H,2-5,9H2,1H3. The minimum atomic E-state index is -3.02. The number of hydrogen-bond donors (Lipinski definition) is 1. The number of sulfone groups is 1. The first-order chi connectivity index (χ1) is 9.41. The zero-order chi connectivity index (χ0) is 14.8. The van der Waals surface area contributed by atoms with Crippen molar-refractivity contribution in [2.24, 2.45) is 5.92 Å². The molecule has 20 heavy (non-hydrogen) atoms. The largest absolute Gasteiger partial charge is 0.310 e. The monoisotopic (exact) mass is 303 g/mol. The van der Waals surface area contributed by atoms with Crippen LogP contribution in [0.1, 0.15) is 31.4 Å². The molecule has 1 aliphatic heterocycles. The Morgan fingerprint density at radius 1 is 1.30 bits per heavy atom. The van der Waals surface area contributed by atoms with Gasteiger partial charge in [0.05, 0.1) is 11.5 Å². The first kappa shape index (κ1) is 15.4. The van der Waals surface area contributed by atoms with E-state index in [-0.39, 0.29) is 23.5 Å². The number of benzene rings is 1. The van der Waals surface area contributed by atoms with Gasteiger partial charge >= 0.3 is 0 Å². The maximum atomic E-state index is 13.4. The maximum absolute atomic E-state index is 13.4. The molecule has 0 bridgehead atoms. The van der Waals surface area contributed by atoms with E-state index in [0.29, 0.717) is 18.5 Å². The molecule has 0 radical (unpaired) electrons. The Labute approximate surface area is 118 Å². The molecule has 0 aliphatic carbocycles. The summed E-state index contributed by atoms with van der Waals surface area (Å²) >= 11 is 0.